The van der Waals surface area contributed by atoms with Crippen molar-refractivity contribution in [1.82, 2.24) is 9.97 Å². The molecule has 2 rings (SSSR count). The van der Waals surface area contributed by atoms with E-state index in [1.165, 1.54) is 0 Å². The second-order valence-corrected chi connectivity index (χ2v) is 5.10. The van der Waals surface area contributed by atoms with Crippen LogP contribution in [0.2, 0.25) is 0 Å². The predicted molar refractivity (Wildman–Crippen MR) is 76.4 cm³/mol. The summed E-state index contributed by atoms with van der Waals surface area (Å²) in [7, 11) is 0. The topological polar surface area (TPSA) is 64.3 Å². The summed E-state index contributed by atoms with van der Waals surface area (Å²) in [6.45, 7) is 7.47. The Morgan fingerprint density at radius 3 is 2.68 bits per heavy atom. The molecule has 5 heteroatoms. The van der Waals surface area contributed by atoms with Gasteiger partial charge in [0.1, 0.15) is 5.82 Å². The van der Waals surface area contributed by atoms with E-state index in [0.717, 1.165) is 56.2 Å². The number of anilines is 1. The third kappa shape index (κ3) is 3.88. The molecule has 0 bridgehead atoms. The van der Waals surface area contributed by atoms with Crippen LogP contribution in [-0.2, 0) is 4.74 Å². The Balaban J connectivity index is 1.84. The van der Waals surface area contributed by atoms with E-state index >= 15 is 0 Å². The monoisotopic (exact) mass is 264 g/mol. The molecule has 1 saturated heterocycles. The fourth-order valence-electron chi connectivity index (χ4n) is 2.27. The van der Waals surface area contributed by atoms with E-state index in [0.29, 0.717) is 12.6 Å². The molecule has 0 unspecified atom stereocenters. The highest BCUT2D eigenvalue weighted by Crippen LogP contribution is 2.19. The maximum absolute atomic E-state index is 5.81. The van der Waals surface area contributed by atoms with E-state index in [1.54, 1.807) is 0 Å². The number of piperidine rings is 1. The molecule has 1 aromatic rings. The van der Waals surface area contributed by atoms with Crippen LogP contribution in [-0.4, -0.2) is 42.3 Å². The number of hydrogen-bond donors (Lipinski definition) is 1. The molecule has 1 aliphatic heterocycles. The number of rotatable bonds is 5. The maximum atomic E-state index is 5.81. The van der Waals surface area contributed by atoms with Crippen LogP contribution >= 0.6 is 0 Å². The lowest BCUT2D eigenvalue weighted by Crippen LogP contribution is -2.37. The molecule has 106 valence electrons. The average molecular weight is 264 g/mol. The molecule has 5 nitrogen and oxygen atoms in total. The van der Waals surface area contributed by atoms with E-state index in [1.807, 2.05) is 20.0 Å². The van der Waals surface area contributed by atoms with Gasteiger partial charge in [0.05, 0.1) is 23.7 Å². The fraction of sp³-hybridized carbons (Fsp3) is 0.714. The van der Waals surface area contributed by atoms with Crippen LogP contribution in [0.25, 0.3) is 0 Å². The van der Waals surface area contributed by atoms with Crippen LogP contribution in [0.15, 0.2) is 6.20 Å². The summed E-state index contributed by atoms with van der Waals surface area (Å²) < 4.78 is 5.81. The summed E-state index contributed by atoms with van der Waals surface area (Å²) in [5.74, 6) is 0.989. The molecule has 1 fully saturated rings. The van der Waals surface area contributed by atoms with Crippen molar-refractivity contribution in [2.24, 2.45) is 5.73 Å². The Labute approximate surface area is 115 Å². The standard InChI is InChI=1S/C14H24N4O/c1-11-12(2)17-14(10-16-11)18-7-4-13(5-8-18)19-9-3-6-15/h10,13H,3-9,15H2,1-2H3. The van der Waals surface area contributed by atoms with Gasteiger partial charge in [0.2, 0.25) is 0 Å². The lowest BCUT2D eigenvalue weighted by molar-refractivity contribution is 0.0365. The molecule has 1 aromatic heterocycles. The zero-order valence-corrected chi connectivity index (χ0v) is 11.9. The van der Waals surface area contributed by atoms with Crippen molar-refractivity contribution in [2.75, 3.05) is 31.1 Å². The lowest BCUT2D eigenvalue weighted by atomic mass is 10.1. The van der Waals surface area contributed by atoms with Crippen LogP contribution in [0.5, 0.6) is 0 Å². The third-order valence-electron chi connectivity index (χ3n) is 3.65. The summed E-state index contributed by atoms with van der Waals surface area (Å²) >= 11 is 0. The van der Waals surface area contributed by atoms with Crippen molar-refractivity contribution >= 4 is 5.82 Å². The van der Waals surface area contributed by atoms with Gasteiger partial charge in [0, 0.05) is 19.7 Å². The van der Waals surface area contributed by atoms with Gasteiger partial charge in [-0.3, -0.25) is 4.98 Å². The number of nitrogens with zero attached hydrogens (tertiary/aromatic N) is 3. The summed E-state index contributed by atoms with van der Waals surface area (Å²) in [6.07, 6.45) is 5.31. The molecule has 0 atom stereocenters. The highest BCUT2D eigenvalue weighted by atomic mass is 16.5. The van der Waals surface area contributed by atoms with E-state index in [9.17, 15) is 0 Å². The van der Waals surface area contributed by atoms with Gasteiger partial charge < -0.3 is 15.4 Å². The smallest absolute Gasteiger partial charge is 0.147 e. The van der Waals surface area contributed by atoms with Gasteiger partial charge in [-0.05, 0) is 39.7 Å². The van der Waals surface area contributed by atoms with Gasteiger partial charge in [0.15, 0.2) is 0 Å². The first-order valence-corrected chi connectivity index (χ1v) is 7.07. The van der Waals surface area contributed by atoms with Crippen molar-refractivity contribution in [3.05, 3.63) is 17.6 Å². The average Bonchev–Trinajstić information content (AvgIpc) is 2.43. The van der Waals surface area contributed by atoms with Gasteiger partial charge in [-0.2, -0.15) is 0 Å². The molecule has 2 heterocycles. The summed E-state index contributed by atoms with van der Waals surface area (Å²) in [4.78, 5) is 11.3. The normalized spacial score (nSPS) is 16.9. The Hall–Kier alpha value is -1.20. The summed E-state index contributed by atoms with van der Waals surface area (Å²) in [6, 6.07) is 0. The van der Waals surface area contributed by atoms with Gasteiger partial charge in [-0.15, -0.1) is 0 Å². The first-order chi connectivity index (χ1) is 9.20. The molecular formula is C14H24N4O. The minimum atomic E-state index is 0.377. The van der Waals surface area contributed by atoms with Crippen molar-refractivity contribution in [1.29, 1.82) is 0 Å². The molecule has 0 saturated carbocycles. The van der Waals surface area contributed by atoms with Crippen molar-refractivity contribution in [3.63, 3.8) is 0 Å². The Kier molecular flexibility index (Phi) is 5.10. The number of ether oxygens (including phenoxy) is 1. The zero-order chi connectivity index (χ0) is 13.7. The number of hydrogen-bond acceptors (Lipinski definition) is 5. The maximum Gasteiger partial charge on any atom is 0.147 e. The van der Waals surface area contributed by atoms with Crippen LogP contribution < -0.4 is 10.6 Å². The third-order valence-corrected chi connectivity index (χ3v) is 3.65. The first-order valence-electron chi connectivity index (χ1n) is 7.07. The highest BCUT2D eigenvalue weighted by Gasteiger charge is 2.20. The molecule has 0 aliphatic carbocycles. The van der Waals surface area contributed by atoms with Gasteiger partial charge in [0.25, 0.3) is 0 Å². The molecule has 1 aliphatic rings. The van der Waals surface area contributed by atoms with Gasteiger partial charge in [-0.25, -0.2) is 4.98 Å². The molecular weight excluding hydrogens is 240 g/mol. The first kappa shape index (κ1) is 14.2. The second-order valence-electron chi connectivity index (χ2n) is 5.10. The summed E-state index contributed by atoms with van der Waals surface area (Å²) in [5, 5.41) is 0. The Bertz CT molecular complexity index is 402. The molecule has 19 heavy (non-hydrogen) atoms. The van der Waals surface area contributed by atoms with Crippen LogP contribution in [0, 0.1) is 13.8 Å². The molecule has 0 spiro atoms. The van der Waals surface area contributed by atoms with Crippen molar-refractivity contribution in [2.45, 2.75) is 39.2 Å². The largest absolute Gasteiger partial charge is 0.378 e. The SMILES string of the molecule is Cc1ncc(N2CCC(OCCCN)CC2)nc1C. The van der Waals surface area contributed by atoms with Crippen molar-refractivity contribution in [3.8, 4) is 0 Å². The van der Waals surface area contributed by atoms with Gasteiger partial charge in [-0.1, -0.05) is 0 Å². The zero-order valence-electron chi connectivity index (χ0n) is 11.9. The minimum absolute atomic E-state index is 0.377. The van der Waals surface area contributed by atoms with E-state index in [-0.39, 0.29) is 0 Å². The van der Waals surface area contributed by atoms with E-state index < -0.39 is 0 Å². The highest BCUT2D eigenvalue weighted by molar-refractivity contribution is 5.38. The number of aromatic nitrogens is 2. The molecule has 2 N–H and O–H groups in total. The van der Waals surface area contributed by atoms with Gasteiger partial charge >= 0.3 is 0 Å². The quantitative estimate of drug-likeness (QED) is 0.815. The fourth-order valence-corrected chi connectivity index (χ4v) is 2.27. The molecule has 0 amide bonds. The lowest BCUT2D eigenvalue weighted by Gasteiger charge is -2.32. The second kappa shape index (κ2) is 6.82. The Morgan fingerprint density at radius 1 is 1.32 bits per heavy atom. The Morgan fingerprint density at radius 2 is 2.05 bits per heavy atom. The molecule has 0 radical (unpaired) electrons. The van der Waals surface area contributed by atoms with Crippen molar-refractivity contribution < 1.29 is 4.74 Å². The van der Waals surface area contributed by atoms with Crippen LogP contribution in [0.1, 0.15) is 30.7 Å². The van der Waals surface area contributed by atoms with E-state index in [2.05, 4.69) is 14.9 Å². The summed E-state index contributed by atoms with van der Waals surface area (Å²) in [5.41, 5.74) is 7.48. The predicted octanol–water partition coefficient (Wildman–Crippen LogP) is 1.43. The van der Waals surface area contributed by atoms with Crippen LogP contribution in [0.3, 0.4) is 0 Å². The van der Waals surface area contributed by atoms with E-state index in [4.69, 9.17) is 10.5 Å². The number of nitrogens with two attached hydrogens (primary N) is 1. The van der Waals surface area contributed by atoms with Crippen LogP contribution in [0.4, 0.5) is 5.82 Å². The number of aryl methyl sites for hydroxylation is 2. The minimum Gasteiger partial charge on any atom is -0.378 e. The molecule has 0 aromatic carbocycles.